The van der Waals surface area contributed by atoms with E-state index in [0.29, 0.717) is 33.0 Å². The Morgan fingerprint density at radius 2 is 1.04 bits per heavy atom. The van der Waals surface area contributed by atoms with Crippen LogP contribution in [-0.4, -0.2) is 4.57 Å². The van der Waals surface area contributed by atoms with Crippen LogP contribution in [-0.2, 0) is 6.18 Å². The maximum atomic E-state index is 13.8. The average Bonchev–Trinajstić information content (AvgIpc) is 3.69. The van der Waals surface area contributed by atoms with Crippen molar-refractivity contribution < 1.29 is 17.6 Å². The van der Waals surface area contributed by atoms with Crippen LogP contribution in [0.25, 0.3) is 82.8 Å². The van der Waals surface area contributed by atoms with Crippen LogP contribution < -0.4 is 0 Å². The van der Waals surface area contributed by atoms with E-state index in [0.717, 1.165) is 55.9 Å². The predicted molar refractivity (Wildman–Crippen MR) is 194 cm³/mol. The van der Waals surface area contributed by atoms with Gasteiger partial charge < -0.3 is 8.98 Å². The van der Waals surface area contributed by atoms with Gasteiger partial charge in [0.25, 0.3) is 0 Å². The lowest BCUT2D eigenvalue weighted by Gasteiger charge is -2.10. The van der Waals surface area contributed by atoms with Gasteiger partial charge in [-0.1, -0.05) is 72.8 Å². The second-order valence-corrected chi connectivity index (χ2v) is 12.4. The average molecular weight is 655 g/mol. The minimum atomic E-state index is -4.49. The van der Waals surface area contributed by atoms with Gasteiger partial charge >= 0.3 is 6.18 Å². The second-order valence-electron chi connectivity index (χ2n) is 12.4. The normalized spacial score (nSPS) is 11.9. The number of benzene rings is 7. The Morgan fingerprint density at radius 3 is 1.70 bits per heavy atom. The molecule has 0 aliphatic carbocycles. The van der Waals surface area contributed by atoms with Crippen LogP contribution in [0.5, 0.6) is 0 Å². The predicted octanol–water partition coefficient (Wildman–Crippen LogP) is 12.6. The molecule has 0 bridgehead atoms. The van der Waals surface area contributed by atoms with Crippen LogP contribution in [0.15, 0.2) is 156 Å². The number of rotatable bonds is 4. The molecule has 0 saturated carbocycles. The van der Waals surface area contributed by atoms with Gasteiger partial charge in [0.05, 0.1) is 28.2 Å². The zero-order valence-corrected chi connectivity index (χ0v) is 26.4. The highest BCUT2D eigenvalue weighted by Crippen LogP contribution is 2.40. The summed E-state index contributed by atoms with van der Waals surface area (Å²) in [7, 11) is 0. The van der Waals surface area contributed by atoms with Gasteiger partial charge in [0.2, 0.25) is 0 Å². The van der Waals surface area contributed by atoms with Crippen molar-refractivity contribution >= 4 is 43.7 Å². The number of furan rings is 1. The summed E-state index contributed by atoms with van der Waals surface area (Å²) in [6.45, 7) is 0. The van der Waals surface area contributed by atoms with Gasteiger partial charge in [0.15, 0.2) is 0 Å². The molecule has 0 spiro atoms. The Balaban J connectivity index is 1.16. The molecule has 0 N–H and O–H groups in total. The Bertz CT molecular complexity index is 2820. The molecular formula is C44H25F3N2O. The summed E-state index contributed by atoms with van der Waals surface area (Å²) in [6, 6.07) is 50.4. The molecular weight excluding hydrogens is 629 g/mol. The number of fused-ring (bicyclic) bond motifs is 6. The van der Waals surface area contributed by atoms with E-state index in [9.17, 15) is 18.4 Å². The van der Waals surface area contributed by atoms with Crippen LogP contribution in [0.3, 0.4) is 0 Å². The quantitative estimate of drug-likeness (QED) is 0.189. The first-order chi connectivity index (χ1) is 24.3. The highest BCUT2D eigenvalue weighted by atomic mass is 19.4. The van der Waals surface area contributed by atoms with E-state index in [1.807, 2.05) is 47.0 Å². The SMILES string of the molecule is N#Cc1ccc2c(c1)c1cc(C(F)(F)F)ccc1n2-c1ccc2oc3ccc(-c4cccc(-c5cccc(-c6ccccc6)c5)c4)cc3c2c1. The van der Waals surface area contributed by atoms with Crippen molar-refractivity contribution in [2.45, 2.75) is 6.18 Å². The molecule has 0 fully saturated rings. The fourth-order valence-electron chi connectivity index (χ4n) is 7.02. The largest absolute Gasteiger partial charge is 0.456 e. The van der Waals surface area contributed by atoms with Crippen LogP contribution in [0.4, 0.5) is 13.2 Å². The molecule has 3 nitrogen and oxygen atoms in total. The first-order valence-electron chi connectivity index (χ1n) is 16.1. The van der Waals surface area contributed by atoms with Crippen molar-refractivity contribution in [1.82, 2.24) is 4.57 Å². The lowest BCUT2D eigenvalue weighted by Crippen LogP contribution is -2.04. The Labute approximate surface area is 284 Å². The number of nitriles is 1. The maximum absolute atomic E-state index is 13.8. The van der Waals surface area contributed by atoms with Crippen molar-refractivity contribution in [2.24, 2.45) is 0 Å². The van der Waals surface area contributed by atoms with E-state index in [4.69, 9.17) is 4.42 Å². The lowest BCUT2D eigenvalue weighted by molar-refractivity contribution is -0.137. The molecule has 2 aromatic heterocycles. The molecule has 0 radical (unpaired) electrons. The second kappa shape index (κ2) is 11.3. The van der Waals surface area contributed by atoms with E-state index in [1.54, 1.807) is 18.2 Å². The molecule has 0 saturated heterocycles. The van der Waals surface area contributed by atoms with E-state index in [2.05, 4.69) is 78.9 Å². The smallest absolute Gasteiger partial charge is 0.416 e. The van der Waals surface area contributed by atoms with Crippen molar-refractivity contribution in [3.8, 4) is 45.1 Å². The minimum absolute atomic E-state index is 0.380. The Morgan fingerprint density at radius 1 is 0.480 bits per heavy atom. The van der Waals surface area contributed by atoms with E-state index in [-0.39, 0.29) is 0 Å². The zero-order valence-electron chi connectivity index (χ0n) is 26.4. The fourth-order valence-corrected chi connectivity index (χ4v) is 7.02. The van der Waals surface area contributed by atoms with Crippen molar-refractivity contribution in [3.63, 3.8) is 0 Å². The highest BCUT2D eigenvalue weighted by molar-refractivity contribution is 6.11. The highest BCUT2D eigenvalue weighted by Gasteiger charge is 2.31. The zero-order chi connectivity index (χ0) is 34.0. The van der Waals surface area contributed by atoms with Crippen LogP contribution in [0, 0.1) is 11.3 Å². The lowest BCUT2D eigenvalue weighted by atomic mass is 9.96. The summed E-state index contributed by atoms with van der Waals surface area (Å²) >= 11 is 0. The van der Waals surface area contributed by atoms with Gasteiger partial charge in [0.1, 0.15) is 11.2 Å². The summed E-state index contributed by atoms with van der Waals surface area (Å²) in [5.41, 5.74) is 9.85. The number of halogens is 3. The summed E-state index contributed by atoms with van der Waals surface area (Å²) in [5, 5.41) is 12.4. The summed E-state index contributed by atoms with van der Waals surface area (Å²) in [6.07, 6.45) is -4.49. The molecule has 6 heteroatoms. The standard InChI is InChI=1S/C44H25F3N2O/c45-44(46,47)34-14-17-41-37(24-34)36-20-27(26-48)12-16-40(36)49(41)35-15-19-43-39(25-35)38-23-33(13-18-42(38)50-43)32-11-5-10-31(22-32)30-9-4-8-29(21-30)28-6-2-1-3-7-28/h1-25H. The maximum Gasteiger partial charge on any atom is 0.416 e. The Kier molecular flexibility index (Phi) is 6.65. The summed E-state index contributed by atoms with van der Waals surface area (Å²) < 4.78 is 49.5. The summed E-state index contributed by atoms with van der Waals surface area (Å²) in [5.74, 6) is 0. The van der Waals surface area contributed by atoms with Crippen LogP contribution in [0.2, 0.25) is 0 Å². The topological polar surface area (TPSA) is 41.9 Å². The van der Waals surface area contributed by atoms with E-state index >= 15 is 0 Å². The number of hydrogen-bond acceptors (Lipinski definition) is 2. The van der Waals surface area contributed by atoms with Gasteiger partial charge in [-0.25, -0.2) is 0 Å². The molecule has 0 unspecified atom stereocenters. The number of aromatic nitrogens is 1. The molecule has 2 heterocycles. The molecule has 0 aliphatic heterocycles. The first-order valence-corrected chi connectivity index (χ1v) is 16.1. The van der Waals surface area contributed by atoms with Gasteiger partial charge in [-0.15, -0.1) is 0 Å². The van der Waals surface area contributed by atoms with Crippen LogP contribution in [0.1, 0.15) is 11.1 Å². The number of alkyl halides is 3. The molecule has 7 aromatic carbocycles. The number of hydrogen-bond donors (Lipinski definition) is 0. The van der Waals surface area contributed by atoms with Crippen molar-refractivity contribution in [1.29, 1.82) is 5.26 Å². The molecule has 0 aliphatic rings. The van der Waals surface area contributed by atoms with Gasteiger partial charge in [-0.2, -0.15) is 18.4 Å². The van der Waals surface area contributed by atoms with E-state index < -0.39 is 11.7 Å². The first kappa shape index (κ1) is 29.6. The van der Waals surface area contributed by atoms with Gasteiger partial charge in [0, 0.05) is 27.2 Å². The molecule has 9 rings (SSSR count). The number of nitrogens with zero attached hydrogens (tertiary/aromatic N) is 2. The third-order valence-corrected chi connectivity index (χ3v) is 9.43. The summed E-state index contributed by atoms with van der Waals surface area (Å²) in [4.78, 5) is 0. The van der Waals surface area contributed by atoms with Crippen molar-refractivity contribution in [3.05, 3.63) is 163 Å². The Hall–Kier alpha value is -6.58. The molecule has 9 aromatic rings. The third kappa shape index (κ3) is 4.91. The monoisotopic (exact) mass is 654 g/mol. The van der Waals surface area contributed by atoms with Gasteiger partial charge in [-0.3, -0.25) is 0 Å². The molecule has 238 valence electrons. The molecule has 50 heavy (non-hydrogen) atoms. The minimum Gasteiger partial charge on any atom is -0.456 e. The van der Waals surface area contributed by atoms with E-state index in [1.165, 1.54) is 17.7 Å². The molecule has 0 amide bonds. The molecule has 0 atom stereocenters. The third-order valence-electron chi connectivity index (χ3n) is 9.43. The van der Waals surface area contributed by atoms with Gasteiger partial charge in [-0.05, 0) is 112 Å². The fraction of sp³-hybridized carbons (Fsp3) is 0.0227. The van der Waals surface area contributed by atoms with Crippen LogP contribution >= 0.6 is 0 Å². The van der Waals surface area contributed by atoms with Crippen molar-refractivity contribution in [2.75, 3.05) is 0 Å².